The van der Waals surface area contributed by atoms with E-state index in [1.54, 1.807) is 11.1 Å². The van der Waals surface area contributed by atoms with E-state index in [0.29, 0.717) is 31.8 Å². The first-order valence-electron chi connectivity index (χ1n) is 10.4. The van der Waals surface area contributed by atoms with E-state index in [1.165, 1.54) is 0 Å². The molecule has 4 rings (SSSR count). The van der Waals surface area contributed by atoms with Gasteiger partial charge in [0, 0.05) is 38.3 Å². The van der Waals surface area contributed by atoms with Crippen LogP contribution in [0.4, 0.5) is 30.4 Å². The number of benzene rings is 1. The smallest absolute Gasteiger partial charge is 0.249 e. The summed E-state index contributed by atoms with van der Waals surface area (Å²) in [5, 5.41) is 3.32. The van der Waals surface area contributed by atoms with Crippen LogP contribution in [0.25, 0.3) is 0 Å². The van der Waals surface area contributed by atoms with E-state index in [2.05, 4.69) is 10.3 Å². The first-order valence-corrected chi connectivity index (χ1v) is 10.4. The van der Waals surface area contributed by atoms with Crippen molar-refractivity contribution in [1.82, 2.24) is 4.98 Å². The zero-order valence-corrected chi connectivity index (χ0v) is 17.7. The minimum Gasteiger partial charge on any atom is -0.490 e. The van der Waals surface area contributed by atoms with E-state index in [9.17, 15) is 18.0 Å². The number of pyridine rings is 1. The molecule has 1 N–H and O–H groups in total. The lowest BCUT2D eigenvalue weighted by atomic mass is 9.82. The third kappa shape index (κ3) is 5.02. The number of hydrogen-bond acceptors (Lipinski definition) is 5. The Hall–Kier alpha value is -2.97. The molecule has 33 heavy (non-hydrogen) atoms. The van der Waals surface area contributed by atoms with Crippen molar-refractivity contribution in [2.45, 2.75) is 53.7 Å². The van der Waals surface area contributed by atoms with E-state index < -0.39 is 17.5 Å². The summed E-state index contributed by atoms with van der Waals surface area (Å²) < 4.78 is 45.2. The minimum atomic E-state index is -1.49. The third-order valence-electron chi connectivity index (χ3n) is 6.08. The van der Waals surface area contributed by atoms with Crippen molar-refractivity contribution in [2.75, 3.05) is 35.3 Å². The monoisotopic (exact) mass is 466 g/mol. The van der Waals surface area contributed by atoms with E-state index in [-0.39, 0.29) is 38.7 Å². The predicted octanol–water partition coefficient (Wildman–Crippen LogP) is 5.23. The molecule has 1 aliphatic heterocycles. The van der Waals surface area contributed by atoms with Crippen LogP contribution in [0.3, 0.4) is 0 Å². The summed E-state index contributed by atoms with van der Waals surface area (Å²) in [7, 11) is 1.90. The van der Waals surface area contributed by atoms with E-state index in [0.717, 1.165) is 29.3 Å². The summed E-state index contributed by atoms with van der Waals surface area (Å²) >= 11 is 0. The molecule has 1 aromatic heterocycles. The van der Waals surface area contributed by atoms with Gasteiger partial charge in [0.05, 0.1) is 23.7 Å². The van der Waals surface area contributed by atoms with Crippen LogP contribution in [0.1, 0.15) is 41.5 Å². The van der Waals surface area contributed by atoms with Gasteiger partial charge in [-0.3, -0.25) is 4.79 Å². The van der Waals surface area contributed by atoms with Gasteiger partial charge in [0.1, 0.15) is 17.6 Å². The molecule has 6 nitrogen and oxygen atoms in total. The first kappa shape index (κ1) is 26.3. The first-order chi connectivity index (χ1) is 14.8. The number of amides is 1. The van der Waals surface area contributed by atoms with Gasteiger partial charge >= 0.3 is 0 Å². The van der Waals surface area contributed by atoms with E-state index in [4.69, 9.17) is 4.74 Å². The van der Waals surface area contributed by atoms with Crippen LogP contribution >= 0.6 is 0 Å². The topological polar surface area (TPSA) is 57.7 Å². The lowest BCUT2D eigenvalue weighted by molar-refractivity contribution is -0.119. The van der Waals surface area contributed by atoms with Crippen molar-refractivity contribution >= 4 is 23.1 Å². The van der Waals surface area contributed by atoms with Gasteiger partial charge in [-0.2, -0.15) is 0 Å². The van der Waals surface area contributed by atoms with Crippen molar-refractivity contribution in [3.8, 4) is 5.75 Å². The normalized spacial score (nSPS) is 21.4. The molecule has 0 saturated heterocycles. The number of likely N-dealkylation sites (N-methyl/N-ethyl adjacent to an activating group) is 2. The standard InChI is InChI=1S/C22H25F3N4O2.2CH4/c1-4-29-19-11-27-20(9-18(19)28(3)12(2)22(29)30)26-10-13-5-14(6-13)31-15-7-16(23)21(25)17(24)8-15;;/h7-9,11-14H,4-6,10H2,1-3H3,(H,26,27);2*1H4. The molecule has 0 radical (unpaired) electrons. The molecule has 9 heteroatoms. The van der Waals surface area contributed by atoms with Crippen LogP contribution in [0.5, 0.6) is 5.75 Å². The largest absolute Gasteiger partial charge is 0.490 e. The van der Waals surface area contributed by atoms with Gasteiger partial charge in [-0.15, -0.1) is 0 Å². The molecular weight excluding hydrogens is 433 g/mol. The predicted molar refractivity (Wildman–Crippen MR) is 126 cm³/mol. The van der Waals surface area contributed by atoms with E-state index >= 15 is 0 Å². The maximum atomic E-state index is 13.3. The van der Waals surface area contributed by atoms with Crippen LogP contribution < -0.4 is 19.9 Å². The lowest BCUT2D eigenvalue weighted by Crippen LogP contribution is -2.50. The number of carbonyl (C=O) groups excluding carboxylic acids is 1. The van der Waals surface area contributed by atoms with Crippen molar-refractivity contribution in [3.63, 3.8) is 0 Å². The molecule has 1 fully saturated rings. The summed E-state index contributed by atoms with van der Waals surface area (Å²) in [5.41, 5.74) is 1.75. The molecule has 0 spiro atoms. The zero-order chi connectivity index (χ0) is 22.3. The molecule has 1 atom stereocenters. The van der Waals surface area contributed by atoms with Gasteiger partial charge in [-0.05, 0) is 32.6 Å². The highest BCUT2D eigenvalue weighted by atomic mass is 19.2. The SMILES string of the molecule is C.C.CCN1C(=O)C(C)N(C)c2cc(NCC3CC(Oc4cc(F)c(F)c(F)c4)C3)ncc21. The van der Waals surface area contributed by atoms with Gasteiger partial charge in [-0.25, -0.2) is 18.2 Å². The summed E-state index contributed by atoms with van der Waals surface area (Å²) in [5.74, 6) is -2.91. The zero-order valence-electron chi connectivity index (χ0n) is 17.7. The molecule has 2 aromatic rings. The number of halogens is 3. The maximum Gasteiger partial charge on any atom is 0.249 e. The Morgan fingerprint density at radius 1 is 1.12 bits per heavy atom. The average Bonchev–Trinajstić information content (AvgIpc) is 2.72. The molecule has 1 unspecified atom stereocenters. The third-order valence-corrected chi connectivity index (χ3v) is 6.08. The minimum absolute atomic E-state index is 0. The number of hydrogen-bond donors (Lipinski definition) is 1. The second-order valence-electron chi connectivity index (χ2n) is 8.09. The molecule has 2 heterocycles. The number of ether oxygens (including phenoxy) is 1. The van der Waals surface area contributed by atoms with Crippen LogP contribution in [0, 0.1) is 23.4 Å². The van der Waals surface area contributed by atoms with Gasteiger partial charge < -0.3 is 19.9 Å². The Balaban J connectivity index is 0.00000193. The molecule has 182 valence electrons. The highest BCUT2D eigenvalue weighted by Crippen LogP contribution is 2.37. The summed E-state index contributed by atoms with van der Waals surface area (Å²) in [6.07, 6.45) is 2.98. The van der Waals surface area contributed by atoms with Gasteiger partial charge in [0.15, 0.2) is 17.5 Å². The molecule has 1 aromatic carbocycles. The number of fused-ring (bicyclic) bond motifs is 1. The van der Waals surface area contributed by atoms with Gasteiger partial charge in [0.25, 0.3) is 0 Å². The highest BCUT2D eigenvalue weighted by Gasteiger charge is 2.34. The summed E-state index contributed by atoms with van der Waals surface area (Å²) in [6, 6.07) is 3.43. The number of nitrogens with zero attached hydrogens (tertiary/aromatic N) is 3. The number of nitrogens with one attached hydrogen (secondary N) is 1. The fourth-order valence-corrected chi connectivity index (χ4v) is 4.05. The molecule has 1 saturated carbocycles. The van der Waals surface area contributed by atoms with Crippen LogP contribution in [-0.4, -0.2) is 43.2 Å². The number of anilines is 3. The van der Waals surface area contributed by atoms with Crippen LogP contribution in [-0.2, 0) is 4.79 Å². The fourth-order valence-electron chi connectivity index (χ4n) is 4.05. The Kier molecular flexibility index (Phi) is 8.21. The molecule has 0 bridgehead atoms. The second kappa shape index (κ2) is 10.3. The van der Waals surface area contributed by atoms with Crippen LogP contribution in [0.2, 0.25) is 0 Å². The number of carbonyl (C=O) groups is 1. The molecule has 2 aliphatic rings. The number of aromatic nitrogens is 1. The Bertz CT molecular complexity index is 975. The second-order valence-corrected chi connectivity index (χ2v) is 8.09. The summed E-state index contributed by atoms with van der Waals surface area (Å²) in [4.78, 5) is 20.6. The number of rotatable bonds is 6. The van der Waals surface area contributed by atoms with Crippen molar-refractivity contribution in [2.24, 2.45) is 5.92 Å². The van der Waals surface area contributed by atoms with Crippen molar-refractivity contribution in [1.29, 1.82) is 0 Å². The maximum absolute atomic E-state index is 13.3. The van der Waals surface area contributed by atoms with E-state index in [1.807, 2.05) is 31.9 Å². The van der Waals surface area contributed by atoms with Gasteiger partial charge in [-0.1, -0.05) is 14.9 Å². The quantitative estimate of drug-likeness (QED) is 0.591. The Morgan fingerprint density at radius 3 is 2.36 bits per heavy atom. The molecule has 1 amide bonds. The fraction of sp³-hybridized carbons (Fsp3) is 0.500. The molecule has 1 aliphatic carbocycles. The lowest BCUT2D eigenvalue weighted by Gasteiger charge is -2.39. The summed E-state index contributed by atoms with van der Waals surface area (Å²) in [6.45, 7) is 5.09. The van der Waals surface area contributed by atoms with Crippen molar-refractivity contribution in [3.05, 3.63) is 41.8 Å². The van der Waals surface area contributed by atoms with Gasteiger partial charge in [0.2, 0.25) is 5.91 Å². The molecular formula is C24H33F3N4O2. The Morgan fingerprint density at radius 2 is 1.76 bits per heavy atom. The average molecular weight is 467 g/mol. The highest BCUT2D eigenvalue weighted by molar-refractivity contribution is 6.05. The van der Waals surface area contributed by atoms with Crippen molar-refractivity contribution < 1.29 is 22.7 Å². The Labute approximate surface area is 193 Å². The van der Waals surface area contributed by atoms with Crippen LogP contribution in [0.15, 0.2) is 24.4 Å².